The molecule has 94 valence electrons. The zero-order valence-electron chi connectivity index (χ0n) is 9.50. The Labute approximate surface area is 97.5 Å². The number of hydrogen-bond donors (Lipinski definition) is 2. The van der Waals surface area contributed by atoms with Crippen molar-refractivity contribution in [3.63, 3.8) is 0 Å². The van der Waals surface area contributed by atoms with Gasteiger partial charge in [-0.05, 0) is 26.3 Å². The minimum absolute atomic E-state index is 0.345. The van der Waals surface area contributed by atoms with Crippen LogP contribution in [-0.2, 0) is 9.56 Å². The Balaban J connectivity index is 1.83. The molecule has 2 fully saturated rings. The van der Waals surface area contributed by atoms with E-state index in [4.69, 9.17) is 9.56 Å². The van der Waals surface area contributed by atoms with Crippen LogP contribution in [0.5, 0.6) is 0 Å². The number of likely N-dealkylation sites (tertiary alicyclic amines) is 1. The first kappa shape index (κ1) is 12.7. The number of hydrogen-bond acceptors (Lipinski definition) is 5. The number of aliphatic hydroxyl groups is 2. The molecule has 0 radical (unpaired) electrons. The molecule has 2 N–H and O–H groups in total. The van der Waals surface area contributed by atoms with E-state index in [0.29, 0.717) is 40.1 Å². The molecule has 0 aliphatic carbocycles. The van der Waals surface area contributed by atoms with Crippen molar-refractivity contribution >= 4 is 8.81 Å². The van der Waals surface area contributed by atoms with Crippen LogP contribution < -0.4 is 0 Å². The van der Waals surface area contributed by atoms with Crippen LogP contribution in [0.15, 0.2) is 0 Å². The molecule has 2 rings (SSSR count). The van der Waals surface area contributed by atoms with E-state index >= 15 is 0 Å². The summed E-state index contributed by atoms with van der Waals surface area (Å²) < 4.78 is 5.00. The summed E-state index contributed by atoms with van der Waals surface area (Å²) in [7, 11) is 2.40. The Bertz CT molecular complexity index is 225. The third-order valence-electron chi connectivity index (χ3n) is 3.44. The number of piperidine rings is 1. The Kier molecular flexibility index (Phi) is 4.53. The fourth-order valence-corrected chi connectivity index (χ4v) is 3.24. The molecule has 0 spiro atoms. The molecule has 2 aliphatic rings. The number of rotatable bonds is 2. The van der Waals surface area contributed by atoms with Crippen molar-refractivity contribution < 1.29 is 19.8 Å². The van der Waals surface area contributed by atoms with Gasteiger partial charge in [0.1, 0.15) is 0 Å². The van der Waals surface area contributed by atoms with Gasteiger partial charge in [0, 0.05) is 18.2 Å². The lowest BCUT2D eigenvalue weighted by atomic mass is 9.94. The summed E-state index contributed by atoms with van der Waals surface area (Å²) in [5, 5.41) is 19.2. The van der Waals surface area contributed by atoms with Gasteiger partial charge in [-0.3, -0.25) is 0 Å². The van der Waals surface area contributed by atoms with E-state index in [2.05, 4.69) is 4.90 Å². The molecule has 5 unspecified atom stereocenters. The zero-order chi connectivity index (χ0) is 11.5. The molecule has 2 aliphatic heterocycles. The lowest BCUT2D eigenvalue weighted by molar-refractivity contribution is -0.206. The van der Waals surface area contributed by atoms with Crippen molar-refractivity contribution in [1.29, 1.82) is 0 Å². The average Bonchev–Trinajstić information content (AvgIpc) is 2.27. The molecule has 2 heterocycles. The molecular formula is C10H20NO4P. The fourth-order valence-electron chi connectivity index (χ4n) is 2.35. The third kappa shape index (κ3) is 3.13. The molecule has 6 heteroatoms. The summed E-state index contributed by atoms with van der Waals surface area (Å²) in [6.45, 7) is 1.22. The number of nitrogens with zero attached hydrogens (tertiary/aromatic N) is 1. The molecular weight excluding hydrogens is 229 g/mol. The van der Waals surface area contributed by atoms with Gasteiger partial charge in [0.2, 0.25) is 0 Å². The number of likely N-dealkylation sites (N-methyl/N-ethyl adjacent to an activating group) is 1. The topological polar surface area (TPSA) is 62.2 Å². The molecule has 0 aromatic heterocycles. The SMILES string of the molecule is CN1CC(O)C(O)CC1CC1CCOOP1. The zero-order valence-corrected chi connectivity index (χ0v) is 10.5. The second kappa shape index (κ2) is 5.71. The summed E-state index contributed by atoms with van der Waals surface area (Å²) in [6, 6.07) is 0.345. The predicted octanol–water partition coefficient (Wildman–Crippen LogP) is 0.116. The van der Waals surface area contributed by atoms with Gasteiger partial charge >= 0.3 is 0 Å². The molecule has 16 heavy (non-hydrogen) atoms. The lowest BCUT2D eigenvalue weighted by Gasteiger charge is -2.39. The van der Waals surface area contributed by atoms with Crippen molar-refractivity contribution in [3.05, 3.63) is 0 Å². The van der Waals surface area contributed by atoms with Crippen molar-refractivity contribution in [1.82, 2.24) is 4.90 Å². The molecule has 0 aromatic carbocycles. The highest BCUT2D eigenvalue weighted by Crippen LogP contribution is 2.34. The summed E-state index contributed by atoms with van der Waals surface area (Å²) in [6.07, 6.45) is 1.52. The van der Waals surface area contributed by atoms with Crippen LogP contribution in [0.3, 0.4) is 0 Å². The largest absolute Gasteiger partial charge is 0.390 e. The summed E-state index contributed by atoms with van der Waals surface area (Å²) >= 11 is 0. The van der Waals surface area contributed by atoms with Gasteiger partial charge in [-0.1, -0.05) is 0 Å². The van der Waals surface area contributed by atoms with Crippen molar-refractivity contribution in [2.24, 2.45) is 0 Å². The third-order valence-corrected chi connectivity index (χ3v) is 4.51. The lowest BCUT2D eigenvalue weighted by Crippen LogP contribution is -2.51. The first-order valence-electron chi connectivity index (χ1n) is 5.77. The van der Waals surface area contributed by atoms with Gasteiger partial charge in [-0.2, -0.15) is 0 Å². The molecule has 2 saturated heterocycles. The molecule has 0 bridgehead atoms. The Morgan fingerprint density at radius 2 is 2.19 bits per heavy atom. The fraction of sp³-hybridized carbons (Fsp3) is 1.00. The van der Waals surface area contributed by atoms with E-state index in [-0.39, 0.29) is 0 Å². The van der Waals surface area contributed by atoms with Crippen LogP contribution in [0.25, 0.3) is 0 Å². The maximum absolute atomic E-state index is 9.67. The van der Waals surface area contributed by atoms with Crippen LogP contribution in [0.1, 0.15) is 19.3 Å². The van der Waals surface area contributed by atoms with Crippen molar-refractivity contribution in [3.8, 4) is 0 Å². The second-order valence-corrected chi connectivity index (χ2v) is 5.93. The molecule has 0 amide bonds. The highest BCUT2D eigenvalue weighted by Gasteiger charge is 2.33. The van der Waals surface area contributed by atoms with Gasteiger partial charge in [-0.15, -0.1) is 0 Å². The average molecular weight is 249 g/mol. The number of aliphatic hydroxyl groups excluding tert-OH is 2. The van der Waals surface area contributed by atoms with Crippen LogP contribution in [0.4, 0.5) is 0 Å². The van der Waals surface area contributed by atoms with Crippen LogP contribution in [-0.4, -0.2) is 59.2 Å². The first-order chi connectivity index (χ1) is 7.66. The minimum Gasteiger partial charge on any atom is -0.390 e. The number of β-amino-alcohol motifs (C(OH)–C–C–N with tert-alkyl or cyclic N) is 1. The quantitative estimate of drug-likeness (QED) is 0.537. The highest BCUT2D eigenvalue weighted by molar-refractivity contribution is 7.33. The normalized spacial score (nSPS) is 43.7. The standard InChI is InChI=1S/C10H20NO4P/c1-11-6-10(13)9(12)5-7(11)4-8-2-3-14-15-16-8/h7-10,12-13,16H,2-6H2,1H3. The Morgan fingerprint density at radius 1 is 1.38 bits per heavy atom. The van der Waals surface area contributed by atoms with Gasteiger partial charge in [-0.25, -0.2) is 9.56 Å². The molecule has 5 nitrogen and oxygen atoms in total. The van der Waals surface area contributed by atoms with Crippen molar-refractivity contribution in [2.45, 2.75) is 43.2 Å². The van der Waals surface area contributed by atoms with Crippen molar-refractivity contribution in [2.75, 3.05) is 20.2 Å². The van der Waals surface area contributed by atoms with Gasteiger partial charge in [0.05, 0.1) is 27.6 Å². The highest BCUT2D eigenvalue weighted by atomic mass is 31.1. The summed E-state index contributed by atoms with van der Waals surface area (Å²) in [4.78, 5) is 7.00. The first-order valence-corrected chi connectivity index (χ1v) is 6.75. The van der Waals surface area contributed by atoms with E-state index in [1.165, 1.54) is 0 Å². The van der Waals surface area contributed by atoms with Gasteiger partial charge in [0.15, 0.2) is 0 Å². The summed E-state index contributed by atoms with van der Waals surface area (Å²) in [5.74, 6) is 0. The Hall–Kier alpha value is 0.230. The maximum atomic E-state index is 9.67. The maximum Gasteiger partial charge on any atom is 0.0926 e. The monoisotopic (exact) mass is 249 g/mol. The molecule has 5 atom stereocenters. The summed E-state index contributed by atoms with van der Waals surface area (Å²) in [5.41, 5.74) is 0.531. The smallest absolute Gasteiger partial charge is 0.0926 e. The predicted molar refractivity (Wildman–Crippen MR) is 61.4 cm³/mol. The second-order valence-electron chi connectivity index (χ2n) is 4.71. The van der Waals surface area contributed by atoms with Gasteiger partial charge < -0.3 is 15.1 Å². The molecule has 0 saturated carbocycles. The van der Waals surface area contributed by atoms with Gasteiger partial charge in [0.25, 0.3) is 0 Å². The van der Waals surface area contributed by atoms with Crippen LogP contribution in [0.2, 0.25) is 0 Å². The van der Waals surface area contributed by atoms with E-state index < -0.39 is 12.2 Å². The van der Waals surface area contributed by atoms with E-state index in [1.54, 1.807) is 0 Å². The van der Waals surface area contributed by atoms with E-state index in [9.17, 15) is 10.2 Å². The molecule has 0 aromatic rings. The minimum atomic E-state index is -0.602. The Morgan fingerprint density at radius 3 is 2.88 bits per heavy atom. The van der Waals surface area contributed by atoms with Crippen LogP contribution >= 0.6 is 8.81 Å². The van der Waals surface area contributed by atoms with E-state index in [1.807, 2.05) is 7.05 Å². The van der Waals surface area contributed by atoms with Crippen LogP contribution in [0, 0.1) is 0 Å². The van der Waals surface area contributed by atoms with E-state index in [0.717, 1.165) is 12.8 Å².